The first kappa shape index (κ1) is 12.8. The van der Waals surface area contributed by atoms with Gasteiger partial charge in [0.2, 0.25) is 0 Å². The minimum Gasteiger partial charge on any atom is -0.491 e. The molecular formula is C14H16F3NO. The zero-order valence-electron chi connectivity index (χ0n) is 10.7. The highest BCUT2D eigenvalue weighted by atomic mass is 19.4. The Balaban J connectivity index is 1.74. The highest BCUT2D eigenvalue weighted by molar-refractivity contribution is 5.43. The molecule has 1 aliphatic carbocycles. The van der Waals surface area contributed by atoms with E-state index in [1.54, 1.807) is 0 Å². The molecule has 0 radical (unpaired) electrons. The SMILES string of the molecule is CC1(CNC2COc3cc(C(F)(F)F)ccc32)CC1. The topological polar surface area (TPSA) is 21.3 Å². The summed E-state index contributed by atoms with van der Waals surface area (Å²) in [4.78, 5) is 0. The van der Waals surface area contributed by atoms with Crippen LogP contribution in [0, 0.1) is 5.41 Å². The van der Waals surface area contributed by atoms with Crippen LogP contribution in [0.1, 0.15) is 36.9 Å². The molecule has 1 atom stereocenters. The van der Waals surface area contributed by atoms with Crippen LogP contribution in [-0.2, 0) is 6.18 Å². The van der Waals surface area contributed by atoms with Crippen LogP contribution in [0.25, 0.3) is 0 Å². The average Bonchev–Trinajstić information content (AvgIpc) is 2.94. The maximum absolute atomic E-state index is 12.6. The Hall–Kier alpha value is -1.23. The zero-order chi connectivity index (χ0) is 13.7. The predicted octanol–water partition coefficient (Wildman–Crippen LogP) is 3.53. The monoisotopic (exact) mass is 271 g/mol. The second-order valence-corrected chi connectivity index (χ2v) is 5.81. The van der Waals surface area contributed by atoms with Gasteiger partial charge >= 0.3 is 6.18 Å². The van der Waals surface area contributed by atoms with Gasteiger partial charge in [-0.05, 0) is 30.4 Å². The molecule has 0 spiro atoms. The molecule has 0 bridgehead atoms. The van der Waals surface area contributed by atoms with Crippen molar-refractivity contribution in [3.8, 4) is 5.75 Å². The van der Waals surface area contributed by atoms with E-state index in [0.717, 1.165) is 24.2 Å². The Kier molecular flexibility index (Phi) is 2.78. The maximum Gasteiger partial charge on any atom is 0.416 e. The molecule has 1 aromatic rings. The molecule has 1 N–H and O–H groups in total. The first-order valence-corrected chi connectivity index (χ1v) is 6.45. The number of hydrogen-bond donors (Lipinski definition) is 1. The molecular weight excluding hydrogens is 255 g/mol. The second kappa shape index (κ2) is 4.13. The van der Waals surface area contributed by atoms with Crippen molar-refractivity contribution in [2.75, 3.05) is 13.2 Å². The van der Waals surface area contributed by atoms with E-state index in [1.807, 2.05) is 0 Å². The Bertz CT molecular complexity index is 494. The van der Waals surface area contributed by atoms with Crippen molar-refractivity contribution < 1.29 is 17.9 Å². The Labute approximate surface area is 109 Å². The average molecular weight is 271 g/mol. The smallest absolute Gasteiger partial charge is 0.416 e. The summed E-state index contributed by atoms with van der Waals surface area (Å²) in [5, 5.41) is 3.39. The molecule has 1 unspecified atom stereocenters. The van der Waals surface area contributed by atoms with Gasteiger partial charge in [0.15, 0.2) is 0 Å². The third-order valence-electron chi connectivity index (χ3n) is 4.00. The molecule has 1 fully saturated rings. The van der Waals surface area contributed by atoms with Crippen LogP contribution in [-0.4, -0.2) is 13.2 Å². The van der Waals surface area contributed by atoms with E-state index < -0.39 is 11.7 Å². The van der Waals surface area contributed by atoms with Crippen molar-refractivity contribution in [1.29, 1.82) is 0 Å². The van der Waals surface area contributed by atoms with Gasteiger partial charge in [0.25, 0.3) is 0 Å². The molecule has 1 aromatic carbocycles. The summed E-state index contributed by atoms with van der Waals surface area (Å²) in [5.41, 5.74) is 0.549. The van der Waals surface area contributed by atoms with Gasteiger partial charge in [-0.2, -0.15) is 13.2 Å². The first-order valence-electron chi connectivity index (χ1n) is 6.45. The number of halogens is 3. The molecule has 104 valence electrons. The third-order valence-corrected chi connectivity index (χ3v) is 4.00. The minimum absolute atomic E-state index is 0.00899. The molecule has 1 aliphatic heterocycles. The van der Waals surface area contributed by atoms with Gasteiger partial charge < -0.3 is 10.1 Å². The van der Waals surface area contributed by atoms with Crippen LogP contribution in [0.15, 0.2) is 18.2 Å². The molecule has 19 heavy (non-hydrogen) atoms. The van der Waals surface area contributed by atoms with E-state index in [2.05, 4.69) is 12.2 Å². The summed E-state index contributed by atoms with van der Waals surface area (Å²) >= 11 is 0. The van der Waals surface area contributed by atoms with Crippen molar-refractivity contribution in [3.63, 3.8) is 0 Å². The lowest BCUT2D eigenvalue weighted by atomic mass is 10.0. The van der Waals surface area contributed by atoms with E-state index in [-0.39, 0.29) is 6.04 Å². The van der Waals surface area contributed by atoms with Gasteiger partial charge in [0, 0.05) is 12.1 Å². The molecule has 0 aromatic heterocycles. The molecule has 0 saturated heterocycles. The number of nitrogens with one attached hydrogen (secondary N) is 1. The van der Waals surface area contributed by atoms with Crippen LogP contribution in [0.3, 0.4) is 0 Å². The fraction of sp³-hybridized carbons (Fsp3) is 0.571. The predicted molar refractivity (Wildman–Crippen MR) is 65.0 cm³/mol. The van der Waals surface area contributed by atoms with E-state index in [0.29, 0.717) is 17.8 Å². The lowest BCUT2D eigenvalue weighted by molar-refractivity contribution is -0.137. The Morgan fingerprint density at radius 2 is 2.11 bits per heavy atom. The van der Waals surface area contributed by atoms with E-state index in [1.165, 1.54) is 18.9 Å². The van der Waals surface area contributed by atoms with E-state index in [4.69, 9.17) is 4.74 Å². The fourth-order valence-corrected chi connectivity index (χ4v) is 2.32. The quantitative estimate of drug-likeness (QED) is 0.908. The first-order chi connectivity index (χ1) is 8.87. The summed E-state index contributed by atoms with van der Waals surface area (Å²) in [7, 11) is 0. The molecule has 3 rings (SSSR count). The van der Waals surface area contributed by atoms with Gasteiger partial charge in [-0.3, -0.25) is 0 Å². The van der Waals surface area contributed by atoms with Crippen molar-refractivity contribution in [2.45, 2.75) is 32.0 Å². The van der Waals surface area contributed by atoms with Gasteiger partial charge in [0.05, 0.1) is 11.6 Å². The van der Waals surface area contributed by atoms with Crippen LogP contribution < -0.4 is 10.1 Å². The summed E-state index contributed by atoms with van der Waals surface area (Å²) in [6, 6.07) is 3.75. The fourth-order valence-electron chi connectivity index (χ4n) is 2.32. The third kappa shape index (κ3) is 2.56. The van der Waals surface area contributed by atoms with Crippen LogP contribution in [0.5, 0.6) is 5.75 Å². The van der Waals surface area contributed by atoms with Gasteiger partial charge in [-0.1, -0.05) is 13.0 Å². The summed E-state index contributed by atoms with van der Waals surface area (Å²) in [5.74, 6) is 0.355. The molecule has 2 nitrogen and oxygen atoms in total. The normalized spacial score (nSPS) is 23.9. The summed E-state index contributed by atoms with van der Waals surface area (Å²) in [6.45, 7) is 3.51. The van der Waals surface area contributed by atoms with Crippen molar-refractivity contribution in [3.05, 3.63) is 29.3 Å². The number of rotatable bonds is 3. The number of benzene rings is 1. The van der Waals surface area contributed by atoms with Crippen LogP contribution in [0.4, 0.5) is 13.2 Å². The van der Waals surface area contributed by atoms with Crippen LogP contribution in [0.2, 0.25) is 0 Å². The molecule has 1 heterocycles. The standard InChI is InChI=1S/C14H16F3NO/c1-13(4-5-13)8-18-11-7-19-12-6-9(14(15,16)17)2-3-10(11)12/h2-3,6,11,18H,4-5,7-8H2,1H3. The van der Waals surface area contributed by atoms with Gasteiger partial charge in [-0.25, -0.2) is 0 Å². The van der Waals surface area contributed by atoms with E-state index >= 15 is 0 Å². The second-order valence-electron chi connectivity index (χ2n) is 5.81. The molecule has 5 heteroatoms. The lowest BCUT2D eigenvalue weighted by Crippen LogP contribution is -2.28. The molecule has 0 amide bonds. The van der Waals surface area contributed by atoms with Crippen molar-refractivity contribution in [1.82, 2.24) is 5.32 Å². The zero-order valence-corrected chi connectivity index (χ0v) is 10.7. The molecule has 1 saturated carbocycles. The number of fused-ring (bicyclic) bond motifs is 1. The van der Waals surface area contributed by atoms with E-state index in [9.17, 15) is 13.2 Å². The largest absolute Gasteiger partial charge is 0.491 e. The molecule has 2 aliphatic rings. The lowest BCUT2D eigenvalue weighted by Gasteiger charge is -2.15. The van der Waals surface area contributed by atoms with Crippen molar-refractivity contribution >= 4 is 0 Å². The number of hydrogen-bond acceptors (Lipinski definition) is 2. The van der Waals surface area contributed by atoms with Crippen LogP contribution >= 0.6 is 0 Å². The summed E-state index contributed by atoms with van der Waals surface area (Å²) in [6.07, 6.45) is -1.88. The van der Waals surface area contributed by atoms with Crippen molar-refractivity contribution in [2.24, 2.45) is 5.41 Å². The van der Waals surface area contributed by atoms with Gasteiger partial charge in [-0.15, -0.1) is 0 Å². The Morgan fingerprint density at radius 1 is 1.37 bits per heavy atom. The Morgan fingerprint density at radius 3 is 2.74 bits per heavy atom. The highest BCUT2D eigenvalue weighted by Gasteiger charge is 2.38. The summed E-state index contributed by atoms with van der Waals surface area (Å²) < 4.78 is 43.2. The number of alkyl halides is 3. The highest BCUT2D eigenvalue weighted by Crippen LogP contribution is 2.45. The minimum atomic E-state index is -4.31. The number of ether oxygens (including phenoxy) is 1. The van der Waals surface area contributed by atoms with Gasteiger partial charge in [0.1, 0.15) is 12.4 Å². The maximum atomic E-state index is 12.6.